The minimum Gasteiger partial charge on any atom is -0.473 e. The van der Waals surface area contributed by atoms with E-state index in [-0.39, 0.29) is 5.75 Å². The molecule has 2 rings (SSSR count). The van der Waals surface area contributed by atoms with Crippen LogP contribution in [0.2, 0.25) is 0 Å². The molecule has 4 N–H and O–H groups in total. The van der Waals surface area contributed by atoms with Gasteiger partial charge in [0.05, 0.1) is 5.52 Å². The van der Waals surface area contributed by atoms with Crippen LogP contribution in [0.4, 0.5) is 4.39 Å². The number of hydrogen-bond donors (Lipinski definition) is 3. The summed E-state index contributed by atoms with van der Waals surface area (Å²) < 4.78 is 18.4. The SMILES string of the molecule is NCCCCCCc1c[nH]c2c(OC(=O)C(=O)O)cc(F)cc12. The zero-order chi connectivity index (χ0) is 16.8. The molecular formula is C16H19FN2O4. The molecule has 0 fully saturated rings. The zero-order valence-corrected chi connectivity index (χ0v) is 12.6. The lowest BCUT2D eigenvalue weighted by Gasteiger charge is -2.05. The van der Waals surface area contributed by atoms with Gasteiger partial charge < -0.3 is 20.6 Å². The van der Waals surface area contributed by atoms with Crippen molar-refractivity contribution in [3.8, 4) is 5.75 Å². The number of benzene rings is 1. The molecule has 0 spiro atoms. The molecule has 124 valence electrons. The van der Waals surface area contributed by atoms with Crippen LogP contribution >= 0.6 is 0 Å². The number of nitrogens with two attached hydrogens (primary N) is 1. The van der Waals surface area contributed by atoms with Crippen molar-refractivity contribution >= 4 is 22.8 Å². The Balaban J connectivity index is 2.17. The van der Waals surface area contributed by atoms with E-state index in [1.807, 2.05) is 0 Å². The number of ether oxygens (including phenoxy) is 1. The van der Waals surface area contributed by atoms with Crippen LogP contribution in [0.25, 0.3) is 10.9 Å². The highest BCUT2D eigenvalue weighted by Gasteiger charge is 2.18. The number of aryl methyl sites for hydroxylation is 1. The minimum atomic E-state index is -1.73. The van der Waals surface area contributed by atoms with E-state index in [1.165, 1.54) is 6.07 Å². The zero-order valence-electron chi connectivity index (χ0n) is 12.6. The second-order valence-corrected chi connectivity index (χ2v) is 5.29. The number of carboxylic acids is 1. The monoisotopic (exact) mass is 322 g/mol. The van der Waals surface area contributed by atoms with E-state index in [9.17, 15) is 14.0 Å². The van der Waals surface area contributed by atoms with Gasteiger partial charge in [-0.2, -0.15) is 0 Å². The first-order valence-corrected chi connectivity index (χ1v) is 7.47. The molecule has 0 bridgehead atoms. The summed E-state index contributed by atoms with van der Waals surface area (Å²) in [6.45, 7) is 0.677. The van der Waals surface area contributed by atoms with Crippen molar-refractivity contribution in [1.82, 2.24) is 4.98 Å². The number of carbonyl (C=O) groups excluding carboxylic acids is 1. The Morgan fingerprint density at radius 3 is 2.65 bits per heavy atom. The van der Waals surface area contributed by atoms with Crippen LogP contribution in [-0.2, 0) is 16.0 Å². The lowest BCUT2D eigenvalue weighted by Crippen LogP contribution is -2.19. The van der Waals surface area contributed by atoms with Gasteiger partial charge in [0.2, 0.25) is 0 Å². The second kappa shape index (κ2) is 7.73. The Bertz CT molecular complexity index is 711. The first-order chi connectivity index (χ1) is 11.0. The van der Waals surface area contributed by atoms with Crippen LogP contribution in [0.3, 0.4) is 0 Å². The van der Waals surface area contributed by atoms with E-state index < -0.39 is 17.8 Å². The maximum absolute atomic E-state index is 13.7. The van der Waals surface area contributed by atoms with E-state index in [4.69, 9.17) is 15.6 Å². The number of hydrogen-bond acceptors (Lipinski definition) is 4. The third kappa shape index (κ3) is 4.29. The number of H-pyrrole nitrogens is 1. The molecule has 1 aromatic heterocycles. The molecule has 0 aliphatic rings. The van der Waals surface area contributed by atoms with Gasteiger partial charge in [0, 0.05) is 17.6 Å². The fourth-order valence-corrected chi connectivity index (χ4v) is 2.47. The fraction of sp³-hybridized carbons (Fsp3) is 0.375. The van der Waals surface area contributed by atoms with E-state index >= 15 is 0 Å². The van der Waals surface area contributed by atoms with E-state index in [2.05, 4.69) is 4.98 Å². The average molecular weight is 322 g/mol. The number of rotatable bonds is 7. The summed E-state index contributed by atoms with van der Waals surface area (Å²) in [5.41, 5.74) is 6.76. The molecule has 0 aliphatic carbocycles. The van der Waals surface area contributed by atoms with Crippen molar-refractivity contribution in [2.75, 3.05) is 6.54 Å². The molecule has 0 unspecified atom stereocenters. The Morgan fingerprint density at radius 1 is 1.22 bits per heavy atom. The predicted molar refractivity (Wildman–Crippen MR) is 82.8 cm³/mol. The standard InChI is InChI=1S/C16H19FN2O4/c17-11-7-12-10(5-3-1-2-4-6-18)9-19-14(12)13(8-11)23-16(22)15(20)21/h7-9,19H,1-6,18H2,(H,20,21). The van der Waals surface area contributed by atoms with Crippen LogP contribution in [-0.4, -0.2) is 28.6 Å². The molecule has 0 saturated heterocycles. The van der Waals surface area contributed by atoms with Crippen LogP contribution in [0.5, 0.6) is 5.75 Å². The summed E-state index contributed by atoms with van der Waals surface area (Å²) in [6, 6.07) is 2.34. The van der Waals surface area contributed by atoms with Gasteiger partial charge in [-0.25, -0.2) is 14.0 Å². The molecule has 1 heterocycles. The number of aromatic amines is 1. The number of unbranched alkanes of at least 4 members (excludes halogenated alkanes) is 3. The summed E-state index contributed by atoms with van der Waals surface area (Å²) in [5.74, 6) is -3.89. The maximum atomic E-state index is 13.7. The van der Waals surface area contributed by atoms with Crippen LogP contribution < -0.4 is 10.5 Å². The van der Waals surface area contributed by atoms with Crippen molar-refractivity contribution in [2.45, 2.75) is 32.1 Å². The maximum Gasteiger partial charge on any atom is 0.422 e. The highest BCUT2D eigenvalue weighted by molar-refractivity contribution is 6.29. The molecule has 6 nitrogen and oxygen atoms in total. The lowest BCUT2D eigenvalue weighted by atomic mass is 10.0. The first-order valence-electron chi connectivity index (χ1n) is 7.47. The Kier molecular flexibility index (Phi) is 5.70. The molecule has 0 saturated carbocycles. The van der Waals surface area contributed by atoms with Gasteiger partial charge in [-0.15, -0.1) is 0 Å². The molecule has 0 aliphatic heterocycles. The third-order valence-electron chi connectivity index (χ3n) is 3.58. The smallest absolute Gasteiger partial charge is 0.422 e. The summed E-state index contributed by atoms with van der Waals surface area (Å²) in [7, 11) is 0. The fourth-order valence-electron chi connectivity index (χ4n) is 2.47. The van der Waals surface area contributed by atoms with Crippen molar-refractivity contribution in [3.05, 3.63) is 29.7 Å². The Morgan fingerprint density at radius 2 is 1.96 bits per heavy atom. The quantitative estimate of drug-likeness (QED) is 0.314. The molecule has 23 heavy (non-hydrogen) atoms. The average Bonchev–Trinajstić information content (AvgIpc) is 2.90. The van der Waals surface area contributed by atoms with Crippen molar-refractivity contribution in [3.63, 3.8) is 0 Å². The Hall–Kier alpha value is -2.41. The van der Waals surface area contributed by atoms with Gasteiger partial charge in [-0.05, 0) is 37.4 Å². The van der Waals surface area contributed by atoms with E-state index in [1.54, 1.807) is 6.20 Å². The van der Waals surface area contributed by atoms with Crippen molar-refractivity contribution < 1.29 is 23.8 Å². The molecule has 7 heteroatoms. The number of esters is 1. The molecule has 0 amide bonds. The minimum absolute atomic E-state index is 0.123. The van der Waals surface area contributed by atoms with Gasteiger partial charge in [-0.3, -0.25) is 0 Å². The van der Waals surface area contributed by atoms with Crippen LogP contribution in [0.15, 0.2) is 18.3 Å². The predicted octanol–water partition coefficient (Wildman–Crippen LogP) is 2.36. The third-order valence-corrected chi connectivity index (χ3v) is 3.58. The largest absolute Gasteiger partial charge is 0.473 e. The molecule has 1 aromatic carbocycles. The molecule has 2 aromatic rings. The first kappa shape index (κ1) is 17.0. The van der Waals surface area contributed by atoms with Gasteiger partial charge in [0.25, 0.3) is 0 Å². The number of nitrogens with one attached hydrogen (secondary N) is 1. The summed E-state index contributed by atoms with van der Waals surface area (Å²) in [6.07, 6.45) is 6.48. The number of fused-ring (bicyclic) bond motifs is 1. The number of carboxylic acid groups (broad SMARTS) is 1. The summed E-state index contributed by atoms with van der Waals surface area (Å²) in [4.78, 5) is 24.7. The van der Waals surface area contributed by atoms with Crippen molar-refractivity contribution in [1.29, 1.82) is 0 Å². The number of aliphatic carboxylic acids is 1. The van der Waals surface area contributed by atoms with Gasteiger partial charge in [0.1, 0.15) is 5.82 Å². The van der Waals surface area contributed by atoms with Gasteiger partial charge in [-0.1, -0.05) is 12.8 Å². The van der Waals surface area contributed by atoms with Crippen LogP contribution in [0, 0.1) is 5.82 Å². The topological polar surface area (TPSA) is 105 Å². The van der Waals surface area contributed by atoms with E-state index in [0.29, 0.717) is 17.4 Å². The van der Waals surface area contributed by atoms with Gasteiger partial charge in [0.15, 0.2) is 5.75 Å². The molecule has 0 atom stereocenters. The number of carbonyl (C=O) groups is 2. The second-order valence-electron chi connectivity index (χ2n) is 5.29. The molecule has 0 radical (unpaired) electrons. The Labute approximate surface area is 132 Å². The lowest BCUT2D eigenvalue weighted by molar-refractivity contribution is -0.158. The summed E-state index contributed by atoms with van der Waals surface area (Å²) >= 11 is 0. The number of aromatic nitrogens is 1. The number of halogens is 1. The van der Waals surface area contributed by atoms with Crippen LogP contribution in [0.1, 0.15) is 31.2 Å². The normalized spacial score (nSPS) is 10.9. The van der Waals surface area contributed by atoms with Crippen molar-refractivity contribution in [2.24, 2.45) is 5.73 Å². The highest BCUT2D eigenvalue weighted by Crippen LogP contribution is 2.30. The highest BCUT2D eigenvalue weighted by atomic mass is 19.1. The molecular weight excluding hydrogens is 303 g/mol. The summed E-state index contributed by atoms with van der Waals surface area (Å²) in [5, 5.41) is 9.18. The van der Waals surface area contributed by atoms with E-state index in [0.717, 1.165) is 43.7 Å². The van der Waals surface area contributed by atoms with Gasteiger partial charge >= 0.3 is 11.9 Å².